The van der Waals surface area contributed by atoms with Crippen LogP contribution in [0.2, 0.25) is 0 Å². The van der Waals surface area contributed by atoms with Crippen LogP contribution in [0.1, 0.15) is 25.8 Å². The van der Waals surface area contributed by atoms with Crippen molar-refractivity contribution in [1.29, 1.82) is 0 Å². The molecule has 0 spiro atoms. The molecule has 0 bridgehead atoms. The van der Waals surface area contributed by atoms with E-state index in [1.54, 1.807) is 0 Å². The van der Waals surface area contributed by atoms with Gasteiger partial charge in [-0.15, -0.1) is 0 Å². The Labute approximate surface area is 98.3 Å². The number of aliphatic hydroxyl groups excluding tert-OH is 1. The normalized spacial score (nSPS) is 14.7. The molecule has 1 N–H and O–H groups in total. The molecule has 1 aromatic carbocycles. The smallest absolute Gasteiger partial charge is 0.0717 e. The molecule has 2 nitrogen and oxygen atoms in total. The number of benzene rings is 1. The second-order valence-electron chi connectivity index (χ2n) is 4.63. The van der Waals surface area contributed by atoms with Crippen LogP contribution in [-0.4, -0.2) is 18.3 Å². The third-order valence-corrected chi connectivity index (χ3v) is 2.63. The van der Waals surface area contributed by atoms with Crippen molar-refractivity contribution in [2.75, 3.05) is 13.2 Å². The lowest BCUT2D eigenvalue weighted by Crippen LogP contribution is -2.12. The molecule has 0 saturated carbocycles. The summed E-state index contributed by atoms with van der Waals surface area (Å²) in [7, 11) is 0. The average Bonchev–Trinajstić information content (AvgIpc) is 2.30. The Morgan fingerprint density at radius 2 is 1.81 bits per heavy atom. The van der Waals surface area contributed by atoms with Crippen molar-refractivity contribution in [3.63, 3.8) is 0 Å². The molecule has 0 aromatic heterocycles. The van der Waals surface area contributed by atoms with Crippen LogP contribution < -0.4 is 0 Å². The van der Waals surface area contributed by atoms with Crippen LogP contribution in [-0.2, 0) is 11.3 Å². The maximum Gasteiger partial charge on any atom is 0.0717 e. The van der Waals surface area contributed by atoms with E-state index in [1.165, 1.54) is 5.56 Å². The molecule has 0 fully saturated rings. The Hall–Kier alpha value is -0.860. The fraction of sp³-hybridized carbons (Fsp3) is 0.571. The fourth-order valence-electron chi connectivity index (χ4n) is 1.78. The molecular formula is C14H22O2. The molecular weight excluding hydrogens is 200 g/mol. The van der Waals surface area contributed by atoms with E-state index in [0.717, 1.165) is 13.0 Å². The van der Waals surface area contributed by atoms with Gasteiger partial charge in [-0.3, -0.25) is 0 Å². The Morgan fingerprint density at radius 3 is 2.44 bits per heavy atom. The van der Waals surface area contributed by atoms with Crippen molar-refractivity contribution < 1.29 is 9.84 Å². The molecule has 0 heterocycles. The summed E-state index contributed by atoms with van der Waals surface area (Å²) in [6.45, 7) is 5.94. The number of hydrogen-bond donors (Lipinski definition) is 1. The number of aliphatic hydroxyl groups is 1. The van der Waals surface area contributed by atoms with Crippen LogP contribution in [0.4, 0.5) is 0 Å². The highest BCUT2D eigenvalue weighted by atomic mass is 16.5. The first-order valence-electron chi connectivity index (χ1n) is 5.95. The van der Waals surface area contributed by atoms with Crippen molar-refractivity contribution >= 4 is 0 Å². The van der Waals surface area contributed by atoms with Crippen LogP contribution in [0.5, 0.6) is 0 Å². The lowest BCUT2D eigenvalue weighted by Gasteiger charge is -2.15. The van der Waals surface area contributed by atoms with Gasteiger partial charge in [-0.2, -0.15) is 0 Å². The maximum atomic E-state index is 8.95. The van der Waals surface area contributed by atoms with E-state index >= 15 is 0 Å². The van der Waals surface area contributed by atoms with Crippen LogP contribution in [0.15, 0.2) is 30.3 Å². The Kier molecular flexibility index (Phi) is 6.12. The molecule has 0 aliphatic carbocycles. The predicted octanol–water partition coefficient (Wildman–Crippen LogP) is 2.86. The quantitative estimate of drug-likeness (QED) is 0.768. The fourth-order valence-corrected chi connectivity index (χ4v) is 1.78. The predicted molar refractivity (Wildman–Crippen MR) is 66.1 cm³/mol. The molecule has 0 amide bonds. The first-order valence-corrected chi connectivity index (χ1v) is 5.95. The Bertz CT molecular complexity index is 271. The van der Waals surface area contributed by atoms with Crippen molar-refractivity contribution in [1.82, 2.24) is 0 Å². The van der Waals surface area contributed by atoms with E-state index in [2.05, 4.69) is 26.0 Å². The van der Waals surface area contributed by atoms with E-state index in [0.29, 0.717) is 18.4 Å². The van der Waals surface area contributed by atoms with Gasteiger partial charge in [0, 0.05) is 13.2 Å². The monoisotopic (exact) mass is 222 g/mol. The first-order chi connectivity index (χ1) is 7.72. The summed E-state index contributed by atoms with van der Waals surface area (Å²) in [6, 6.07) is 10.2. The van der Waals surface area contributed by atoms with Crippen molar-refractivity contribution in [2.24, 2.45) is 11.8 Å². The standard InChI is InChI=1S/C14H22O2/c1-12(9-15)8-13(2)10-16-11-14-6-4-3-5-7-14/h3-7,12-13,15H,8-11H2,1-2H3/t12-,13-/m1/s1. The topological polar surface area (TPSA) is 29.5 Å². The van der Waals surface area contributed by atoms with E-state index < -0.39 is 0 Å². The highest BCUT2D eigenvalue weighted by Crippen LogP contribution is 2.12. The van der Waals surface area contributed by atoms with Crippen LogP contribution in [0.25, 0.3) is 0 Å². The van der Waals surface area contributed by atoms with E-state index in [1.807, 2.05) is 18.2 Å². The maximum absolute atomic E-state index is 8.95. The van der Waals surface area contributed by atoms with Crippen LogP contribution in [0.3, 0.4) is 0 Å². The lowest BCUT2D eigenvalue weighted by molar-refractivity contribution is 0.0801. The second kappa shape index (κ2) is 7.42. The summed E-state index contributed by atoms with van der Waals surface area (Å²) in [4.78, 5) is 0. The van der Waals surface area contributed by atoms with Gasteiger partial charge in [-0.25, -0.2) is 0 Å². The van der Waals surface area contributed by atoms with Crippen molar-refractivity contribution in [3.8, 4) is 0 Å². The summed E-state index contributed by atoms with van der Waals surface area (Å²) in [5, 5.41) is 8.95. The highest BCUT2D eigenvalue weighted by Gasteiger charge is 2.07. The minimum absolute atomic E-state index is 0.267. The molecule has 0 radical (unpaired) electrons. The molecule has 90 valence electrons. The Morgan fingerprint density at radius 1 is 1.12 bits per heavy atom. The third-order valence-electron chi connectivity index (χ3n) is 2.63. The van der Waals surface area contributed by atoms with Gasteiger partial charge in [-0.1, -0.05) is 44.2 Å². The lowest BCUT2D eigenvalue weighted by atomic mass is 9.99. The molecule has 0 aliphatic rings. The van der Waals surface area contributed by atoms with Gasteiger partial charge in [0.1, 0.15) is 0 Å². The second-order valence-corrected chi connectivity index (χ2v) is 4.63. The zero-order valence-corrected chi connectivity index (χ0v) is 10.2. The van der Waals surface area contributed by atoms with E-state index in [4.69, 9.17) is 9.84 Å². The molecule has 2 heteroatoms. The highest BCUT2D eigenvalue weighted by molar-refractivity contribution is 5.13. The molecule has 2 atom stereocenters. The summed E-state index contributed by atoms with van der Waals surface area (Å²) >= 11 is 0. The summed E-state index contributed by atoms with van der Waals surface area (Å²) in [5.41, 5.74) is 1.21. The zero-order valence-electron chi connectivity index (χ0n) is 10.2. The first kappa shape index (κ1) is 13.2. The van der Waals surface area contributed by atoms with Gasteiger partial charge in [-0.05, 0) is 23.8 Å². The molecule has 0 aliphatic heterocycles. The number of rotatable bonds is 7. The van der Waals surface area contributed by atoms with Crippen molar-refractivity contribution in [2.45, 2.75) is 26.9 Å². The van der Waals surface area contributed by atoms with Gasteiger partial charge in [0.2, 0.25) is 0 Å². The minimum Gasteiger partial charge on any atom is -0.396 e. The number of hydrogen-bond acceptors (Lipinski definition) is 2. The largest absolute Gasteiger partial charge is 0.396 e. The molecule has 0 saturated heterocycles. The molecule has 0 unspecified atom stereocenters. The Balaban J connectivity index is 2.15. The SMILES string of the molecule is C[C@@H](CO)C[C@@H](C)COCc1ccccc1. The minimum atomic E-state index is 0.267. The van der Waals surface area contributed by atoms with E-state index in [9.17, 15) is 0 Å². The van der Waals surface area contributed by atoms with Crippen molar-refractivity contribution in [3.05, 3.63) is 35.9 Å². The zero-order chi connectivity index (χ0) is 11.8. The molecule has 16 heavy (non-hydrogen) atoms. The van der Waals surface area contributed by atoms with Crippen LogP contribution in [0, 0.1) is 11.8 Å². The van der Waals surface area contributed by atoms with Gasteiger partial charge < -0.3 is 9.84 Å². The summed E-state index contributed by atoms with van der Waals surface area (Å²) < 4.78 is 5.65. The average molecular weight is 222 g/mol. The van der Waals surface area contributed by atoms with Gasteiger partial charge in [0.05, 0.1) is 6.61 Å². The number of ether oxygens (including phenoxy) is 1. The summed E-state index contributed by atoms with van der Waals surface area (Å²) in [6.07, 6.45) is 1.02. The van der Waals surface area contributed by atoms with E-state index in [-0.39, 0.29) is 6.61 Å². The van der Waals surface area contributed by atoms with Crippen LogP contribution >= 0.6 is 0 Å². The molecule has 1 rings (SSSR count). The van der Waals surface area contributed by atoms with Gasteiger partial charge >= 0.3 is 0 Å². The van der Waals surface area contributed by atoms with Gasteiger partial charge in [0.15, 0.2) is 0 Å². The van der Waals surface area contributed by atoms with Gasteiger partial charge in [0.25, 0.3) is 0 Å². The summed E-state index contributed by atoms with van der Waals surface area (Å²) in [5.74, 6) is 0.876. The molecule has 1 aromatic rings. The third kappa shape index (κ3) is 5.29.